The van der Waals surface area contributed by atoms with Crippen molar-refractivity contribution in [2.45, 2.75) is 19.9 Å². The predicted molar refractivity (Wildman–Crippen MR) is 56.1 cm³/mol. The SMILES string of the molecule is CC(C)C(NC(=O)c1nc(N)n[nH]1)C(N)=O. The summed E-state index contributed by atoms with van der Waals surface area (Å²) in [4.78, 5) is 26.2. The average Bonchev–Trinajstić information content (AvgIpc) is 2.59. The molecule has 1 aromatic rings. The van der Waals surface area contributed by atoms with Crippen molar-refractivity contribution >= 4 is 17.8 Å². The lowest BCUT2D eigenvalue weighted by molar-refractivity contribution is -0.120. The van der Waals surface area contributed by atoms with E-state index in [2.05, 4.69) is 20.5 Å². The van der Waals surface area contributed by atoms with E-state index in [9.17, 15) is 9.59 Å². The Balaban J connectivity index is 2.73. The molecule has 0 aliphatic carbocycles. The number of carbonyl (C=O) groups excluding carboxylic acids is 2. The highest BCUT2D eigenvalue weighted by Crippen LogP contribution is 2.02. The van der Waals surface area contributed by atoms with Crippen LogP contribution in [0.25, 0.3) is 0 Å². The van der Waals surface area contributed by atoms with Gasteiger partial charge in [-0.1, -0.05) is 13.8 Å². The summed E-state index contributed by atoms with van der Waals surface area (Å²) in [6, 6.07) is -0.751. The number of nitrogens with one attached hydrogen (secondary N) is 2. The summed E-state index contributed by atoms with van der Waals surface area (Å²) in [5.41, 5.74) is 10.4. The molecule has 0 fully saturated rings. The summed E-state index contributed by atoms with van der Waals surface area (Å²) in [5, 5.41) is 8.28. The van der Waals surface area contributed by atoms with Crippen molar-refractivity contribution in [1.82, 2.24) is 20.5 Å². The van der Waals surface area contributed by atoms with Gasteiger partial charge in [-0.2, -0.15) is 4.98 Å². The Bertz CT molecular complexity index is 399. The molecule has 1 aromatic heterocycles. The molecule has 0 radical (unpaired) electrons. The highest BCUT2D eigenvalue weighted by molar-refractivity contribution is 5.94. The molecule has 1 heterocycles. The Morgan fingerprint density at radius 1 is 1.44 bits per heavy atom. The molecule has 0 aromatic carbocycles. The van der Waals surface area contributed by atoms with E-state index < -0.39 is 17.9 Å². The molecule has 88 valence electrons. The van der Waals surface area contributed by atoms with E-state index >= 15 is 0 Å². The van der Waals surface area contributed by atoms with Crippen molar-refractivity contribution in [3.63, 3.8) is 0 Å². The number of anilines is 1. The molecule has 0 saturated heterocycles. The van der Waals surface area contributed by atoms with Crippen LogP contribution in [0.5, 0.6) is 0 Å². The summed E-state index contributed by atoms with van der Waals surface area (Å²) in [7, 11) is 0. The smallest absolute Gasteiger partial charge is 0.289 e. The summed E-state index contributed by atoms with van der Waals surface area (Å²) >= 11 is 0. The quantitative estimate of drug-likeness (QED) is 0.501. The normalized spacial score (nSPS) is 12.4. The zero-order valence-electron chi connectivity index (χ0n) is 9.02. The third kappa shape index (κ3) is 2.69. The van der Waals surface area contributed by atoms with Crippen molar-refractivity contribution in [3.8, 4) is 0 Å². The Labute approximate surface area is 91.8 Å². The van der Waals surface area contributed by atoms with Gasteiger partial charge in [0, 0.05) is 0 Å². The van der Waals surface area contributed by atoms with Crippen LogP contribution < -0.4 is 16.8 Å². The minimum atomic E-state index is -0.751. The molecule has 0 bridgehead atoms. The van der Waals surface area contributed by atoms with Crippen LogP contribution in [-0.2, 0) is 4.79 Å². The summed E-state index contributed by atoms with van der Waals surface area (Å²) < 4.78 is 0. The lowest BCUT2D eigenvalue weighted by Crippen LogP contribution is -2.47. The highest BCUT2D eigenvalue weighted by Gasteiger charge is 2.23. The number of primary amides is 1. The van der Waals surface area contributed by atoms with Crippen molar-refractivity contribution < 1.29 is 9.59 Å². The third-order valence-electron chi connectivity index (χ3n) is 1.98. The van der Waals surface area contributed by atoms with Gasteiger partial charge in [0.2, 0.25) is 17.7 Å². The van der Waals surface area contributed by atoms with E-state index in [0.717, 1.165) is 0 Å². The molecular formula is C8H14N6O2. The number of amides is 2. The minimum Gasteiger partial charge on any atom is -0.368 e. The van der Waals surface area contributed by atoms with Gasteiger partial charge >= 0.3 is 0 Å². The van der Waals surface area contributed by atoms with E-state index in [4.69, 9.17) is 11.5 Å². The Kier molecular flexibility index (Phi) is 3.44. The van der Waals surface area contributed by atoms with E-state index in [1.165, 1.54) is 0 Å². The summed E-state index contributed by atoms with van der Waals surface area (Å²) in [6.45, 7) is 3.54. The molecule has 0 spiro atoms. The molecule has 1 unspecified atom stereocenters. The second-order valence-corrected chi connectivity index (χ2v) is 3.64. The topological polar surface area (TPSA) is 140 Å². The number of aromatic amines is 1. The van der Waals surface area contributed by atoms with Gasteiger partial charge in [-0.3, -0.25) is 14.7 Å². The van der Waals surface area contributed by atoms with E-state index in [1.54, 1.807) is 13.8 Å². The third-order valence-corrected chi connectivity index (χ3v) is 1.98. The number of nitrogen functional groups attached to an aromatic ring is 1. The molecule has 1 rings (SSSR count). The van der Waals surface area contributed by atoms with Crippen molar-refractivity contribution in [2.75, 3.05) is 5.73 Å². The Hall–Kier alpha value is -2.12. The fraction of sp³-hybridized carbons (Fsp3) is 0.500. The summed E-state index contributed by atoms with van der Waals surface area (Å²) in [6.07, 6.45) is 0. The van der Waals surface area contributed by atoms with Crippen LogP contribution in [0.3, 0.4) is 0 Å². The van der Waals surface area contributed by atoms with Crippen molar-refractivity contribution in [1.29, 1.82) is 0 Å². The Morgan fingerprint density at radius 3 is 2.44 bits per heavy atom. The minimum absolute atomic E-state index is 0.0367. The molecule has 8 nitrogen and oxygen atoms in total. The number of hydrogen-bond donors (Lipinski definition) is 4. The molecule has 0 saturated carbocycles. The molecule has 1 atom stereocenters. The number of H-pyrrole nitrogens is 1. The number of nitrogens with two attached hydrogens (primary N) is 2. The number of hydrogen-bond acceptors (Lipinski definition) is 5. The number of rotatable bonds is 4. The van der Waals surface area contributed by atoms with Gasteiger partial charge < -0.3 is 16.8 Å². The van der Waals surface area contributed by atoms with Gasteiger partial charge in [-0.05, 0) is 5.92 Å². The monoisotopic (exact) mass is 226 g/mol. The van der Waals surface area contributed by atoms with Crippen LogP contribution in [0.1, 0.15) is 24.5 Å². The van der Waals surface area contributed by atoms with Crippen LogP contribution in [-0.4, -0.2) is 33.0 Å². The van der Waals surface area contributed by atoms with Crippen LogP contribution in [0.2, 0.25) is 0 Å². The summed E-state index contributed by atoms with van der Waals surface area (Å²) in [5.74, 6) is -1.37. The lowest BCUT2D eigenvalue weighted by Gasteiger charge is -2.17. The first-order valence-corrected chi connectivity index (χ1v) is 4.70. The number of aromatic nitrogens is 3. The molecule has 2 amide bonds. The fourth-order valence-corrected chi connectivity index (χ4v) is 1.15. The first-order chi connectivity index (χ1) is 7.41. The van der Waals surface area contributed by atoms with Gasteiger partial charge in [-0.25, -0.2) is 0 Å². The van der Waals surface area contributed by atoms with Crippen LogP contribution in [0, 0.1) is 5.92 Å². The van der Waals surface area contributed by atoms with Crippen molar-refractivity contribution in [2.24, 2.45) is 11.7 Å². The van der Waals surface area contributed by atoms with Gasteiger partial charge in [0.25, 0.3) is 5.91 Å². The molecule has 0 aliphatic rings. The van der Waals surface area contributed by atoms with Crippen LogP contribution in [0.4, 0.5) is 5.95 Å². The number of nitrogens with zero attached hydrogens (tertiary/aromatic N) is 2. The fourth-order valence-electron chi connectivity index (χ4n) is 1.15. The molecule has 0 aliphatic heterocycles. The maximum atomic E-state index is 11.6. The maximum Gasteiger partial charge on any atom is 0.289 e. The zero-order chi connectivity index (χ0) is 12.3. The lowest BCUT2D eigenvalue weighted by atomic mass is 10.0. The second kappa shape index (κ2) is 4.60. The first kappa shape index (κ1) is 12.0. The highest BCUT2D eigenvalue weighted by atomic mass is 16.2. The van der Waals surface area contributed by atoms with Crippen LogP contribution >= 0.6 is 0 Å². The van der Waals surface area contributed by atoms with Crippen molar-refractivity contribution in [3.05, 3.63) is 5.82 Å². The largest absolute Gasteiger partial charge is 0.368 e. The van der Waals surface area contributed by atoms with E-state index in [-0.39, 0.29) is 17.7 Å². The van der Waals surface area contributed by atoms with E-state index in [1.807, 2.05) is 0 Å². The average molecular weight is 226 g/mol. The standard InChI is InChI=1S/C8H14N6O2/c1-3(2)4(5(9)15)11-7(16)6-12-8(10)14-13-6/h3-4H,1-2H3,(H2,9,15)(H,11,16)(H3,10,12,13,14). The van der Waals surface area contributed by atoms with Gasteiger partial charge in [0.1, 0.15) is 6.04 Å². The van der Waals surface area contributed by atoms with Gasteiger partial charge in [0.15, 0.2) is 0 Å². The first-order valence-electron chi connectivity index (χ1n) is 4.70. The second-order valence-electron chi connectivity index (χ2n) is 3.64. The molecule has 16 heavy (non-hydrogen) atoms. The molecule has 6 N–H and O–H groups in total. The molecular weight excluding hydrogens is 212 g/mol. The molecule has 8 heteroatoms. The van der Waals surface area contributed by atoms with Gasteiger partial charge in [-0.15, -0.1) is 5.10 Å². The zero-order valence-corrected chi connectivity index (χ0v) is 9.02. The maximum absolute atomic E-state index is 11.6. The van der Waals surface area contributed by atoms with Crippen LogP contribution in [0.15, 0.2) is 0 Å². The number of carbonyl (C=O) groups is 2. The van der Waals surface area contributed by atoms with Gasteiger partial charge in [0.05, 0.1) is 0 Å². The Morgan fingerprint density at radius 2 is 2.06 bits per heavy atom. The van der Waals surface area contributed by atoms with E-state index in [0.29, 0.717) is 0 Å². The predicted octanol–water partition coefficient (Wildman–Crippen LogP) is -1.37.